The molecular formula is C22H37NO5Si. The van der Waals surface area contributed by atoms with Gasteiger partial charge in [-0.2, -0.15) is 0 Å². The minimum atomic E-state index is -1.97. The van der Waals surface area contributed by atoms with Crippen LogP contribution in [0.2, 0.25) is 18.1 Å². The summed E-state index contributed by atoms with van der Waals surface area (Å²) in [5.41, 5.74) is 2.07. The summed E-state index contributed by atoms with van der Waals surface area (Å²) < 4.78 is 11.6. The molecule has 0 bridgehead atoms. The molecule has 6 nitrogen and oxygen atoms in total. The number of hydrogen-bond donors (Lipinski definition) is 2. The average molecular weight is 424 g/mol. The Morgan fingerprint density at radius 2 is 1.55 bits per heavy atom. The Balaban J connectivity index is 3.06. The Hall–Kier alpha value is -2.02. The van der Waals surface area contributed by atoms with Crippen LogP contribution in [0, 0.1) is 13.8 Å². The second-order valence-electron chi connectivity index (χ2n) is 10.1. The third-order valence-corrected chi connectivity index (χ3v) is 9.60. The number of nitrogens with one attached hydrogen (secondary N) is 1. The lowest BCUT2D eigenvalue weighted by Crippen LogP contribution is -2.45. The standard InChI is InChI=1S/C22H37NO5Si/c1-14-11-16(28-29(9,10)22(6,7)8)12-15(2)17(14)13-18(19(24)25)23-20(26)27-21(3,4)5/h11-12,18H,13H2,1-10H3,(H,23,26)(H,24,25). The first-order valence-electron chi connectivity index (χ1n) is 9.94. The van der Waals surface area contributed by atoms with Crippen LogP contribution in [0.5, 0.6) is 5.75 Å². The van der Waals surface area contributed by atoms with E-state index in [4.69, 9.17) is 9.16 Å². The lowest BCUT2D eigenvalue weighted by Gasteiger charge is -2.36. The molecule has 0 aliphatic carbocycles. The molecule has 0 aromatic heterocycles. The molecular weight excluding hydrogens is 386 g/mol. The zero-order chi connectivity index (χ0) is 22.8. The largest absolute Gasteiger partial charge is 0.543 e. The molecule has 0 saturated heterocycles. The lowest BCUT2D eigenvalue weighted by molar-refractivity contribution is -0.139. The topological polar surface area (TPSA) is 84.9 Å². The summed E-state index contributed by atoms with van der Waals surface area (Å²) in [5, 5.41) is 12.1. The van der Waals surface area contributed by atoms with Gasteiger partial charge in [-0.1, -0.05) is 20.8 Å². The lowest BCUT2D eigenvalue weighted by atomic mass is 9.96. The van der Waals surface area contributed by atoms with Gasteiger partial charge in [0.1, 0.15) is 17.4 Å². The third kappa shape index (κ3) is 7.38. The van der Waals surface area contributed by atoms with E-state index < -0.39 is 32.0 Å². The molecule has 7 heteroatoms. The van der Waals surface area contributed by atoms with E-state index in [-0.39, 0.29) is 11.5 Å². The smallest absolute Gasteiger partial charge is 0.408 e. The van der Waals surface area contributed by atoms with Crippen molar-refractivity contribution in [3.63, 3.8) is 0 Å². The first kappa shape index (κ1) is 25.0. The Bertz CT molecular complexity index is 736. The molecule has 164 valence electrons. The number of aliphatic carboxylic acids is 1. The Kier molecular flexibility index (Phi) is 7.57. The van der Waals surface area contributed by atoms with Crippen molar-refractivity contribution < 1.29 is 23.9 Å². The van der Waals surface area contributed by atoms with Gasteiger partial charge in [0, 0.05) is 6.42 Å². The SMILES string of the molecule is Cc1cc(O[Si](C)(C)C(C)(C)C)cc(C)c1CC(NC(=O)OC(C)(C)C)C(=O)O. The average Bonchev–Trinajstić information content (AvgIpc) is 2.45. The Morgan fingerprint density at radius 3 is 1.93 bits per heavy atom. The van der Waals surface area contributed by atoms with E-state index in [0.29, 0.717) is 0 Å². The van der Waals surface area contributed by atoms with Crippen LogP contribution in [-0.4, -0.2) is 37.1 Å². The zero-order valence-electron chi connectivity index (χ0n) is 19.5. The second kappa shape index (κ2) is 8.77. The summed E-state index contributed by atoms with van der Waals surface area (Å²) in [6, 6.07) is 2.83. The fourth-order valence-electron chi connectivity index (χ4n) is 2.64. The predicted octanol–water partition coefficient (Wildman–Crippen LogP) is 5.21. The summed E-state index contributed by atoms with van der Waals surface area (Å²) in [7, 11) is -1.97. The summed E-state index contributed by atoms with van der Waals surface area (Å²) in [6.45, 7) is 20.0. The van der Waals surface area contributed by atoms with Gasteiger partial charge < -0.3 is 19.6 Å². The highest BCUT2D eigenvalue weighted by Crippen LogP contribution is 2.38. The number of carbonyl (C=O) groups is 2. The van der Waals surface area contributed by atoms with Crippen molar-refractivity contribution in [3.05, 3.63) is 28.8 Å². The van der Waals surface area contributed by atoms with Gasteiger partial charge in [0.2, 0.25) is 8.32 Å². The number of hydrogen-bond acceptors (Lipinski definition) is 4. The van der Waals surface area contributed by atoms with Crippen LogP contribution >= 0.6 is 0 Å². The summed E-state index contributed by atoms with van der Waals surface area (Å²) >= 11 is 0. The summed E-state index contributed by atoms with van der Waals surface area (Å²) in [5.74, 6) is -0.293. The van der Waals surface area contributed by atoms with Crippen molar-refractivity contribution in [3.8, 4) is 5.75 Å². The monoisotopic (exact) mass is 423 g/mol. The van der Waals surface area contributed by atoms with E-state index in [2.05, 4.69) is 39.2 Å². The molecule has 0 spiro atoms. The fraction of sp³-hybridized carbons (Fsp3) is 0.636. The first-order chi connectivity index (χ1) is 12.9. The Morgan fingerprint density at radius 1 is 1.07 bits per heavy atom. The highest BCUT2D eigenvalue weighted by Gasteiger charge is 2.39. The predicted molar refractivity (Wildman–Crippen MR) is 118 cm³/mol. The summed E-state index contributed by atoms with van der Waals surface area (Å²) in [4.78, 5) is 23.7. The van der Waals surface area contributed by atoms with Crippen molar-refractivity contribution in [1.82, 2.24) is 5.32 Å². The maximum Gasteiger partial charge on any atom is 0.408 e. The van der Waals surface area contributed by atoms with Crippen LogP contribution in [0.4, 0.5) is 4.79 Å². The normalized spacial score (nSPS) is 13.6. The van der Waals surface area contributed by atoms with Crippen molar-refractivity contribution in [2.75, 3.05) is 0 Å². The molecule has 1 aromatic rings. The van der Waals surface area contributed by atoms with Crippen molar-refractivity contribution in [2.24, 2.45) is 0 Å². The van der Waals surface area contributed by atoms with E-state index in [1.165, 1.54) is 0 Å². The van der Waals surface area contributed by atoms with E-state index in [1.807, 2.05) is 26.0 Å². The second-order valence-corrected chi connectivity index (χ2v) is 14.9. The van der Waals surface area contributed by atoms with Crippen LogP contribution in [0.1, 0.15) is 58.2 Å². The van der Waals surface area contributed by atoms with Gasteiger partial charge in [0.05, 0.1) is 0 Å². The van der Waals surface area contributed by atoms with E-state index in [9.17, 15) is 14.7 Å². The maximum absolute atomic E-state index is 12.0. The minimum absolute atomic E-state index is 0.0826. The van der Waals surface area contributed by atoms with Crippen LogP contribution < -0.4 is 9.74 Å². The highest BCUT2D eigenvalue weighted by molar-refractivity contribution is 6.74. The number of ether oxygens (including phenoxy) is 1. The number of carboxylic acid groups (broad SMARTS) is 1. The quantitative estimate of drug-likeness (QED) is 0.614. The van der Waals surface area contributed by atoms with Gasteiger partial charge in [-0.15, -0.1) is 0 Å². The number of carbonyl (C=O) groups excluding carboxylic acids is 1. The number of alkyl carbamates (subject to hydrolysis) is 1. The molecule has 1 aromatic carbocycles. The van der Waals surface area contributed by atoms with Gasteiger partial charge >= 0.3 is 12.1 Å². The minimum Gasteiger partial charge on any atom is -0.543 e. The number of amides is 1. The van der Waals surface area contributed by atoms with E-state index in [1.54, 1.807) is 20.8 Å². The molecule has 29 heavy (non-hydrogen) atoms. The molecule has 0 radical (unpaired) electrons. The molecule has 0 fully saturated rings. The van der Waals surface area contributed by atoms with Gasteiger partial charge in [0.15, 0.2) is 0 Å². The van der Waals surface area contributed by atoms with Gasteiger partial charge in [0.25, 0.3) is 0 Å². The number of rotatable bonds is 6. The van der Waals surface area contributed by atoms with Crippen LogP contribution in [-0.2, 0) is 16.0 Å². The van der Waals surface area contributed by atoms with Gasteiger partial charge in [-0.05, 0) is 81.6 Å². The van der Waals surface area contributed by atoms with E-state index >= 15 is 0 Å². The number of benzene rings is 1. The molecule has 1 amide bonds. The highest BCUT2D eigenvalue weighted by atomic mass is 28.4. The number of aryl methyl sites for hydroxylation is 2. The molecule has 1 unspecified atom stereocenters. The van der Waals surface area contributed by atoms with Crippen LogP contribution in [0.3, 0.4) is 0 Å². The molecule has 0 aliphatic heterocycles. The van der Waals surface area contributed by atoms with Gasteiger partial charge in [-0.3, -0.25) is 0 Å². The molecule has 0 saturated carbocycles. The van der Waals surface area contributed by atoms with Crippen molar-refractivity contribution in [2.45, 2.75) is 91.6 Å². The maximum atomic E-state index is 12.0. The van der Waals surface area contributed by atoms with Crippen molar-refractivity contribution in [1.29, 1.82) is 0 Å². The first-order valence-corrected chi connectivity index (χ1v) is 12.9. The van der Waals surface area contributed by atoms with E-state index in [0.717, 1.165) is 22.4 Å². The zero-order valence-corrected chi connectivity index (χ0v) is 20.5. The molecule has 0 heterocycles. The number of carboxylic acids is 1. The third-order valence-electron chi connectivity index (χ3n) is 5.25. The molecule has 0 aliphatic rings. The molecule has 2 N–H and O–H groups in total. The molecule has 1 atom stereocenters. The summed E-state index contributed by atoms with van der Waals surface area (Å²) in [6.07, 6.45) is -0.565. The molecule has 1 rings (SSSR count). The fourth-order valence-corrected chi connectivity index (χ4v) is 3.65. The Labute approximate surface area is 176 Å². The van der Waals surface area contributed by atoms with Gasteiger partial charge in [-0.25, -0.2) is 9.59 Å². The van der Waals surface area contributed by atoms with Crippen LogP contribution in [0.15, 0.2) is 12.1 Å². The van der Waals surface area contributed by atoms with Crippen molar-refractivity contribution >= 4 is 20.4 Å². The van der Waals surface area contributed by atoms with Crippen LogP contribution in [0.25, 0.3) is 0 Å².